The molecule has 1 heterocycles. The molecule has 0 bridgehead atoms. The number of likely N-dealkylation sites (tertiary alicyclic amines) is 1. The van der Waals surface area contributed by atoms with E-state index in [9.17, 15) is 14.0 Å². The van der Waals surface area contributed by atoms with Crippen LogP contribution in [0.15, 0.2) is 0 Å². The van der Waals surface area contributed by atoms with E-state index < -0.39 is 18.3 Å². The molecule has 1 N–H and O–H groups in total. The van der Waals surface area contributed by atoms with Crippen molar-refractivity contribution in [3.05, 3.63) is 0 Å². The van der Waals surface area contributed by atoms with Crippen LogP contribution in [0.25, 0.3) is 0 Å². The van der Waals surface area contributed by atoms with Crippen molar-refractivity contribution in [2.24, 2.45) is 0 Å². The van der Waals surface area contributed by atoms with Crippen molar-refractivity contribution in [1.29, 1.82) is 0 Å². The van der Waals surface area contributed by atoms with Crippen molar-refractivity contribution in [3.63, 3.8) is 0 Å². The van der Waals surface area contributed by atoms with Crippen molar-refractivity contribution >= 4 is 12.4 Å². The van der Waals surface area contributed by atoms with Gasteiger partial charge < -0.3 is 9.90 Å². The Hall–Kier alpha value is -1.13. The number of alkyl halides is 1. The molecule has 0 aliphatic carbocycles. The predicted octanol–water partition coefficient (Wildman–Crippen LogP) is 0.276. The monoisotopic (exact) mass is 161 g/mol. The van der Waals surface area contributed by atoms with Crippen LogP contribution in [0, 0.1) is 0 Å². The van der Waals surface area contributed by atoms with E-state index in [1.165, 1.54) is 0 Å². The Morgan fingerprint density at radius 3 is 2.73 bits per heavy atom. The van der Waals surface area contributed by atoms with Gasteiger partial charge in [0.1, 0.15) is 12.5 Å². The number of nitrogens with zero attached hydrogens (tertiary/aromatic N) is 1. The molecule has 1 aliphatic heterocycles. The maximum atomic E-state index is 12.5. The van der Waals surface area contributed by atoms with Crippen molar-refractivity contribution in [2.45, 2.75) is 18.6 Å². The van der Waals surface area contributed by atoms with E-state index >= 15 is 0 Å². The number of amides is 1. The van der Waals surface area contributed by atoms with Crippen LogP contribution in [-0.4, -0.2) is 41.1 Å². The highest BCUT2D eigenvalue weighted by molar-refractivity contribution is 5.72. The summed E-state index contributed by atoms with van der Waals surface area (Å²) in [6.45, 7) is -0.182. The third kappa shape index (κ3) is 1.47. The van der Waals surface area contributed by atoms with E-state index in [0.717, 1.165) is 4.90 Å². The number of carboxylic acid groups (broad SMARTS) is 1. The summed E-state index contributed by atoms with van der Waals surface area (Å²) >= 11 is 0. The molecular formula is C6H8FNO3. The van der Waals surface area contributed by atoms with Gasteiger partial charge in [-0.3, -0.25) is 4.90 Å². The number of carbonyl (C=O) groups excluding carboxylic acids is 1. The van der Waals surface area contributed by atoms with Crippen LogP contribution in [-0.2, 0) is 4.79 Å². The number of aldehydes is 1. The summed E-state index contributed by atoms with van der Waals surface area (Å²) in [5.74, 6) is 0. The lowest BCUT2D eigenvalue weighted by molar-refractivity contribution is -0.111. The zero-order chi connectivity index (χ0) is 8.43. The molecule has 0 aromatic heterocycles. The standard InChI is InChI=1S/C6H8FNO3/c7-4-1-5(3-9)8(2-4)6(10)11/h3-5H,1-2H2,(H,10,11)/t4-,5+/m0/s1. The van der Waals surface area contributed by atoms with Crippen LogP contribution in [0.2, 0.25) is 0 Å². The number of carbonyl (C=O) groups is 2. The fraction of sp³-hybridized carbons (Fsp3) is 0.667. The van der Waals surface area contributed by atoms with Gasteiger partial charge in [-0.05, 0) is 0 Å². The van der Waals surface area contributed by atoms with E-state index in [-0.39, 0.29) is 13.0 Å². The molecule has 0 aromatic rings. The third-order valence-electron chi connectivity index (χ3n) is 1.70. The second kappa shape index (κ2) is 2.86. The van der Waals surface area contributed by atoms with Gasteiger partial charge in [0, 0.05) is 6.42 Å². The number of hydrogen-bond donors (Lipinski definition) is 1. The fourth-order valence-electron chi connectivity index (χ4n) is 1.16. The molecule has 1 aliphatic rings. The number of rotatable bonds is 1. The van der Waals surface area contributed by atoms with Crippen molar-refractivity contribution in [3.8, 4) is 0 Å². The van der Waals surface area contributed by atoms with Crippen molar-refractivity contribution < 1.29 is 19.1 Å². The minimum absolute atomic E-state index is 0.00417. The zero-order valence-electron chi connectivity index (χ0n) is 5.74. The normalized spacial score (nSPS) is 30.5. The van der Waals surface area contributed by atoms with Gasteiger partial charge >= 0.3 is 6.09 Å². The maximum absolute atomic E-state index is 12.5. The molecule has 1 amide bonds. The summed E-state index contributed by atoms with van der Waals surface area (Å²) in [4.78, 5) is 21.3. The lowest BCUT2D eigenvalue weighted by Crippen LogP contribution is -2.35. The van der Waals surface area contributed by atoms with Gasteiger partial charge in [-0.1, -0.05) is 0 Å². The van der Waals surface area contributed by atoms with Gasteiger partial charge in [-0.25, -0.2) is 9.18 Å². The van der Waals surface area contributed by atoms with Gasteiger partial charge in [0.2, 0.25) is 0 Å². The quantitative estimate of drug-likeness (QED) is 0.562. The molecule has 0 saturated carbocycles. The summed E-state index contributed by atoms with van der Waals surface area (Å²) in [7, 11) is 0. The maximum Gasteiger partial charge on any atom is 0.408 e. The SMILES string of the molecule is O=C[C@H]1C[C@H](F)CN1C(=O)O. The van der Waals surface area contributed by atoms with Gasteiger partial charge in [-0.2, -0.15) is 0 Å². The van der Waals surface area contributed by atoms with Crippen LogP contribution < -0.4 is 0 Å². The Bertz CT molecular complexity index is 185. The summed E-state index contributed by atoms with van der Waals surface area (Å²) in [5.41, 5.74) is 0. The molecular weight excluding hydrogens is 153 g/mol. The van der Waals surface area contributed by atoms with Crippen LogP contribution in [0.4, 0.5) is 9.18 Å². The molecule has 5 heteroatoms. The molecule has 62 valence electrons. The highest BCUT2D eigenvalue weighted by Gasteiger charge is 2.34. The molecule has 1 fully saturated rings. The van der Waals surface area contributed by atoms with Crippen molar-refractivity contribution in [1.82, 2.24) is 4.90 Å². The van der Waals surface area contributed by atoms with Crippen LogP contribution in [0.3, 0.4) is 0 Å². The molecule has 4 nitrogen and oxygen atoms in total. The van der Waals surface area contributed by atoms with Gasteiger partial charge in [-0.15, -0.1) is 0 Å². The Morgan fingerprint density at radius 2 is 2.36 bits per heavy atom. The van der Waals surface area contributed by atoms with E-state index in [2.05, 4.69) is 0 Å². The van der Waals surface area contributed by atoms with Crippen molar-refractivity contribution in [2.75, 3.05) is 6.54 Å². The molecule has 11 heavy (non-hydrogen) atoms. The van der Waals surface area contributed by atoms with Crippen LogP contribution in [0.5, 0.6) is 0 Å². The van der Waals surface area contributed by atoms with Crippen LogP contribution in [0.1, 0.15) is 6.42 Å². The van der Waals surface area contributed by atoms with E-state index in [0.29, 0.717) is 6.29 Å². The molecule has 0 unspecified atom stereocenters. The number of hydrogen-bond acceptors (Lipinski definition) is 2. The molecule has 0 radical (unpaired) electrons. The summed E-state index contributed by atoms with van der Waals surface area (Å²) < 4.78 is 12.5. The Morgan fingerprint density at radius 1 is 1.73 bits per heavy atom. The van der Waals surface area contributed by atoms with Crippen LogP contribution >= 0.6 is 0 Å². The largest absolute Gasteiger partial charge is 0.465 e. The Labute approximate surface area is 62.6 Å². The first kappa shape index (κ1) is 7.97. The minimum atomic E-state index is -1.23. The van der Waals surface area contributed by atoms with E-state index in [1.807, 2.05) is 0 Å². The lowest BCUT2D eigenvalue weighted by Gasteiger charge is -2.14. The summed E-state index contributed by atoms with van der Waals surface area (Å²) in [6.07, 6.45) is -1.97. The lowest BCUT2D eigenvalue weighted by atomic mass is 10.2. The first-order valence-electron chi connectivity index (χ1n) is 3.24. The first-order valence-corrected chi connectivity index (χ1v) is 3.24. The second-order valence-corrected chi connectivity index (χ2v) is 2.47. The van der Waals surface area contributed by atoms with Gasteiger partial charge in [0.05, 0.1) is 12.6 Å². The zero-order valence-corrected chi connectivity index (χ0v) is 5.74. The summed E-state index contributed by atoms with van der Waals surface area (Å²) in [6, 6.07) is -0.789. The Balaban J connectivity index is 2.64. The van der Waals surface area contributed by atoms with E-state index in [1.54, 1.807) is 0 Å². The molecule has 2 atom stereocenters. The fourth-order valence-corrected chi connectivity index (χ4v) is 1.16. The van der Waals surface area contributed by atoms with Gasteiger partial charge in [0.15, 0.2) is 0 Å². The first-order chi connectivity index (χ1) is 5.15. The average Bonchev–Trinajstić information content (AvgIpc) is 2.30. The predicted molar refractivity (Wildman–Crippen MR) is 34.1 cm³/mol. The molecule has 0 spiro atoms. The highest BCUT2D eigenvalue weighted by Crippen LogP contribution is 2.18. The smallest absolute Gasteiger partial charge is 0.408 e. The Kier molecular flexibility index (Phi) is 2.07. The van der Waals surface area contributed by atoms with E-state index in [4.69, 9.17) is 5.11 Å². The molecule has 1 saturated heterocycles. The third-order valence-corrected chi connectivity index (χ3v) is 1.70. The topological polar surface area (TPSA) is 57.6 Å². The second-order valence-electron chi connectivity index (χ2n) is 2.47. The van der Waals surface area contributed by atoms with Gasteiger partial charge in [0.25, 0.3) is 0 Å². The minimum Gasteiger partial charge on any atom is -0.465 e. The summed E-state index contributed by atoms with van der Waals surface area (Å²) in [5, 5.41) is 8.43. The highest BCUT2D eigenvalue weighted by atomic mass is 19.1. The number of halogens is 1. The average molecular weight is 161 g/mol. The molecule has 0 aromatic carbocycles. The molecule has 1 rings (SSSR count).